The van der Waals surface area contributed by atoms with Gasteiger partial charge in [-0.1, -0.05) is 97.1 Å². The van der Waals surface area contributed by atoms with Crippen LogP contribution < -0.4 is 0 Å². The fourth-order valence-electron chi connectivity index (χ4n) is 7.19. The summed E-state index contributed by atoms with van der Waals surface area (Å²) in [5.41, 5.74) is 13.2. The lowest BCUT2D eigenvalue weighted by Gasteiger charge is -2.11. The standard InChI is InChI=1S/C44H32N4O/c1-28-27-45-38(26-37(28)29-12-4-3-5-13-29)31-15-10-14-30(24-31)33-18-11-21-41-43(33)46-44(47(41)2)36-23-22-32(25-42(36)49)48-39-19-8-6-16-34(39)35-17-7-9-20-40(35)48/h3-27,49H,1-2H3. The maximum atomic E-state index is 11.5. The Balaban J connectivity index is 1.12. The largest absolute Gasteiger partial charge is 0.507 e. The summed E-state index contributed by atoms with van der Waals surface area (Å²) >= 11 is 0. The van der Waals surface area contributed by atoms with Crippen LogP contribution in [0.4, 0.5) is 0 Å². The molecule has 0 bridgehead atoms. The minimum absolute atomic E-state index is 0.181. The normalized spacial score (nSPS) is 11.6. The van der Waals surface area contributed by atoms with Crippen LogP contribution >= 0.6 is 0 Å². The molecule has 0 aliphatic carbocycles. The zero-order chi connectivity index (χ0) is 33.1. The van der Waals surface area contributed by atoms with Crippen LogP contribution in [0.3, 0.4) is 0 Å². The highest BCUT2D eigenvalue weighted by molar-refractivity contribution is 6.09. The summed E-state index contributed by atoms with van der Waals surface area (Å²) in [7, 11) is 2.01. The van der Waals surface area contributed by atoms with Gasteiger partial charge in [0.2, 0.25) is 0 Å². The van der Waals surface area contributed by atoms with E-state index >= 15 is 0 Å². The van der Waals surface area contributed by atoms with Crippen molar-refractivity contribution in [3.8, 4) is 56.3 Å². The number of rotatable bonds is 5. The Kier molecular flexibility index (Phi) is 6.66. The molecule has 0 saturated heterocycles. The highest BCUT2D eigenvalue weighted by Crippen LogP contribution is 2.39. The minimum atomic E-state index is 0.181. The van der Waals surface area contributed by atoms with E-state index in [4.69, 9.17) is 9.97 Å². The zero-order valence-corrected chi connectivity index (χ0v) is 27.2. The summed E-state index contributed by atoms with van der Waals surface area (Å²) in [6.45, 7) is 2.10. The van der Waals surface area contributed by atoms with Crippen LogP contribution in [0.25, 0.3) is 83.4 Å². The number of aryl methyl sites for hydroxylation is 2. The lowest BCUT2D eigenvalue weighted by atomic mass is 9.97. The number of benzene rings is 6. The second-order valence-electron chi connectivity index (χ2n) is 12.6. The van der Waals surface area contributed by atoms with Crippen molar-refractivity contribution >= 4 is 32.8 Å². The number of hydrogen-bond acceptors (Lipinski definition) is 3. The number of phenolic OH excluding ortho intramolecular Hbond substituents is 1. The van der Waals surface area contributed by atoms with E-state index in [0.717, 1.165) is 55.7 Å². The molecule has 49 heavy (non-hydrogen) atoms. The van der Waals surface area contributed by atoms with Crippen molar-refractivity contribution in [3.05, 3.63) is 157 Å². The number of fused-ring (bicyclic) bond motifs is 4. The number of nitrogens with zero attached hydrogens (tertiary/aromatic N) is 4. The van der Waals surface area contributed by atoms with Crippen LogP contribution in [0.15, 0.2) is 152 Å². The third-order valence-corrected chi connectivity index (χ3v) is 9.63. The molecule has 0 radical (unpaired) electrons. The van der Waals surface area contributed by atoms with Gasteiger partial charge in [0, 0.05) is 46.9 Å². The summed E-state index contributed by atoms with van der Waals surface area (Å²) in [5.74, 6) is 0.888. The van der Waals surface area contributed by atoms with Crippen molar-refractivity contribution in [2.45, 2.75) is 6.92 Å². The number of pyridine rings is 1. The highest BCUT2D eigenvalue weighted by atomic mass is 16.3. The van der Waals surface area contributed by atoms with Crippen molar-refractivity contribution in [3.63, 3.8) is 0 Å². The van der Waals surface area contributed by atoms with Crippen molar-refractivity contribution in [2.75, 3.05) is 0 Å². The van der Waals surface area contributed by atoms with Gasteiger partial charge in [0.15, 0.2) is 0 Å². The maximum Gasteiger partial charge on any atom is 0.144 e. The highest BCUT2D eigenvalue weighted by Gasteiger charge is 2.19. The van der Waals surface area contributed by atoms with Crippen LogP contribution in [0, 0.1) is 6.92 Å². The quantitative estimate of drug-likeness (QED) is 0.205. The first kappa shape index (κ1) is 28.7. The molecule has 0 aliphatic rings. The third-order valence-electron chi connectivity index (χ3n) is 9.63. The van der Waals surface area contributed by atoms with E-state index in [2.05, 4.69) is 143 Å². The van der Waals surface area contributed by atoms with Crippen molar-refractivity contribution in [1.29, 1.82) is 0 Å². The number of aromatic nitrogens is 4. The molecule has 0 aliphatic heterocycles. The van der Waals surface area contributed by atoms with E-state index in [9.17, 15) is 5.11 Å². The maximum absolute atomic E-state index is 11.5. The molecule has 0 fully saturated rings. The molecule has 3 heterocycles. The summed E-state index contributed by atoms with van der Waals surface area (Å²) in [6, 6.07) is 50.0. The first-order valence-electron chi connectivity index (χ1n) is 16.5. The van der Waals surface area contributed by atoms with E-state index in [1.807, 2.05) is 31.4 Å². The van der Waals surface area contributed by atoms with Gasteiger partial charge >= 0.3 is 0 Å². The zero-order valence-electron chi connectivity index (χ0n) is 27.2. The number of aromatic hydroxyl groups is 1. The summed E-state index contributed by atoms with van der Waals surface area (Å²) < 4.78 is 4.27. The van der Waals surface area contributed by atoms with E-state index in [1.165, 1.54) is 21.9 Å². The molecule has 5 heteroatoms. The van der Waals surface area contributed by atoms with Gasteiger partial charge < -0.3 is 14.2 Å². The molecule has 234 valence electrons. The number of imidazole rings is 1. The van der Waals surface area contributed by atoms with Crippen molar-refractivity contribution < 1.29 is 5.11 Å². The average Bonchev–Trinajstić information content (AvgIpc) is 3.67. The van der Waals surface area contributed by atoms with E-state index in [1.54, 1.807) is 0 Å². The fourth-order valence-corrected chi connectivity index (χ4v) is 7.19. The first-order chi connectivity index (χ1) is 24.0. The van der Waals surface area contributed by atoms with Crippen LogP contribution in [-0.4, -0.2) is 24.2 Å². The van der Waals surface area contributed by atoms with Gasteiger partial charge in [0.1, 0.15) is 11.6 Å². The van der Waals surface area contributed by atoms with Crippen LogP contribution in [-0.2, 0) is 7.05 Å². The van der Waals surface area contributed by atoms with Crippen LogP contribution in [0.5, 0.6) is 5.75 Å². The summed E-state index contributed by atoms with van der Waals surface area (Å²) in [6.07, 6.45) is 1.95. The molecule has 0 amide bonds. The predicted molar refractivity (Wildman–Crippen MR) is 201 cm³/mol. The van der Waals surface area contributed by atoms with Gasteiger partial charge in [0.25, 0.3) is 0 Å². The molecule has 0 unspecified atom stereocenters. The molecule has 0 atom stereocenters. The Morgan fingerprint density at radius 1 is 0.551 bits per heavy atom. The lowest BCUT2D eigenvalue weighted by molar-refractivity contribution is 0.476. The number of para-hydroxylation sites is 3. The molecular weight excluding hydrogens is 601 g/mol. The van der Waals surface area contributed by atoms with Crippen molar-refractivity contribution in [1.82, 2.24) is 19.1 Å². The molecular formula is C44H32N4O. The average molecular weight is 633 g/mol. The van der Waals surface area contributed by atoms with E-state index in [0.29, 0.717) is 11.4 Å². The Morgan fingerprint density at radius 3 is 1.96 bits per heavy atom. The summed E-state index contributed by atoms with van der Waals surface area (Å²) in [4.78, 5) is 9.97. The molecule has 0 spiro atoms. The number of hydrogen-bond donors (Lipinski definition) is 1. The van der Waals surface area contributed by atoms with Crippen molar-refractivity contribution in [2.24, 2.45) is 7.05 Å². The fraction of sp³-hybridized carbons (Fsp3) is 0.0455. The lowest BCUT2D eigenvalue weighted by Crippen LogP contribution is -1.96. The smallest absolute Gasteiger partial charge is 0.144 e. The SMILES string of the molecule is Cc1cnc(-c2cccc(-c3cccc4c3nc(-c3ccc(-n5c6ccccc6c6ccccc65)cc3O)n4C)c2)cc1-c1ccccc1. The predicted octanol–water partition coefficient (Wildman–Crippen LogP) is 10.7. The van der Waals surface area contributed by atoms with Gasteiger partial charge in [-0.15, -0.1) is 0 Å². The molecule has 3 aromatic heterocycles. The van der Waals surface area contributed by atoms with Gasteiger partial charge in [-0.05, 0) is 71.6 Å². The molecule has 5 nitrogen and oxygen atoms in total. The topological polar surface area (TPSA) is 55.9 Å². The monoisotopic (exact) mass is 632 g/mol. The Hall–Kier alpha value is -6.46. The Labute approximate surface area is 284 Å². The van der Waals surface area contributed by atoms with Gasteiger partial charge in [-0.25, -0.2) is 4.98 Å². The molecule has 9 rings (SSSR count). The summed E-state index contributed by atoms with van der Waals surface area (Å²) in [5, 5.41) is 13.9. The molecule has 1 N–H and O–H groups in total. The first-order valence-corrected chi connectivity index (χ1v) is 16.5. The van der Waals surface area contributed by atoms with Gasteiger partial charge in [0.05, 0.1) is 33.3 Å². The Bertz CT molecular complexity index is 2650. The van der Waals surface area contributed by atoms with Gasteiger partial charge in [-0.3, -0.25) is 4.98 Å². The van der Waals surface area contributed by atoms with Crippen LogP contribution in [0.1, 0.15) is 5.56 Å². The second kappa shape index (κ2) is 11.4. The van der Waals surface area contributed by atoms with E-state index in [-0.39, 0.29) is 5.75 Å². The Morgan fingerprint density at radius 2 is 1.20 bits per heavy atom. The minimum Gasteiger partial charge on any atom is -0.507 e. The van der Waals surface area contributed by atoms with Crippen LogP contribution in [0.2, 0.25) is 0 Å². The third kappa shape index (κ3) is 4.70. The second-order valence-corrected chi connectivity index (χ2v) is 12.6. The van der Waals surface area contributed by atoms with Gasteiger partial charge in [-0.2, -0.15) is 0 Å². The molecule has 6 aromatic carbocycles. The molecule has 0 saturated carbocycles. The molecule has 9 aromatic rings. The van der Waals surface area contributed by atoms with E-state index < -0.39 is 0 Å². The number of phenols is 1.